The summed E-state index contributed by atoms with van der Waals surface area (Å²) in [5.41, 5.74) is 1.18. The molecule has 152 valence electrons. The van der Waals surface area contributed by atoms with Gasteiger partial charge in [0, 0.05) is 6.42 Å². The van der Waals surface area contributed by atoms with Gasteiger partial charge in [-0.2, -0.15) is 5.26 Å². The molecule has 0 aliphatic carbocycles. The molecule has 0 saturated heterocycles. The Morgan fingerprint density at radius 2 is 1.68 bits per heavy atom. The molecule has 0 saturated carbocycles. The highest BCUT2D eigenvalue weighted by Crippen LogP contribution is 2.21. The number of H-pyrrole nitrogens is 1. The standard InChI is InChI=1S/C24H17N3O4/c25-15-17-8-11-22-21(13-17)26-24(30)27(22)23(29)14-18(28)12-16-6-9-20(10-7-16)31-19-4-2-1-3-5-19/h1-11,13H,12,14H2,(H,26,30). The van der Waals surface area contributed by atoms with Crippen LogP contribution in [0, 0.1) is 11.3 Å². The van der Waals surface area contributed by atoms with Gasteiger partial charge in [-0.15, -0.1) is 0 Å². The molecule has 1 heterocycles. The van der Waals surface area contributed by atoms with Crippen LogP contribution in [0.4, 0.5) is 0 Å². The van der Waals surface area contributed by atoms with Gasteiger partial charge in [-0.3, -0.25) is 9.59 Å². The van der Waals surface area contributed by atoms with E-state index in [9.17, 15) is 14.4 Å². The number of rotatable bonds is 6. The number of imidazole rings is 1. The van der Waals surface area contributed by atoms with Crippen LogP contribution in [0.15, 0.2) is 77.6 Å². The predicted octanol–water partition coefficient (Wildman–Crippen LogP) is 3.84. The Morgan fingerprint density at radius 1 is 0.968 bits per heavy atom. The summed E-state index contributed by atoms with van der Waals surface area (Å²) in [7, 11) is 0. The van der Waals surface area contributed by atoms with Gasteiger partial charge in [0.2, 0.25) is 5.91 Å². The number of hydrogen-bond acceptors (Lipinski definition) is 5. The highest BCUT2D eigenvalue weighted by molar-refractivity contribution is 6.02. The number of benzene rings is 3. The lowest BCUT2D eigenvalue weighted by atomic mass is 10.1. The van der Waals surface area contributed by atoms with Crippen molar-refractivity contribution >= 4 is 22.7 Å². The average molecular weight is 411 g/mol. The molecule has 0 radical (unpaired) electrons. The van der Waals surface area contributed by atoms with E-state index in [0.29, 0.717) is 28.1 Å². The molecule has 1 aromatic heterocycles. The molecule has 7 nitrogen and oxygen atoms in total. The summed E-state index contributed by atoms with van der Waals surface area (Å²) >= 11 is 0. The van der Waals surface area contributed by atoms with E-state index in [4.69, 9.17) is 10.00 Å². The summed E-state index contributed by atoms with van der Waals surface area (Å²) in [5.74, 6) is 0.426. The maximum atomic E-state index is 12.6. The van der Waals surface area contributed by atoms with Crippen molar-refractivity contribution in [1.82, 2.24) is 9.55 Å². The number of para-hydroxylation sites is 1. The second-order valence-corrected chi connectivity index (χ2v) is 6.95. The van der Waals surface area contributed by atoms with Gasteiger partial charge in [0.05, 0.1) is 29.1 Å². The maximum Gasteiger partial charge on any atom is 0.333 e. The number of fused-ring (bicyclic) bond motifs is 1. The zero-order valence-electron chi connectivity index (χ0n) is 16.4. The largest absolute Gasteiger partial charge is 0.457 e. The van der Waals surface area contributed by atoms with Crippen LogP contribution in [-0.2, 0) is 11.2 Å². The smallest absolute Gasteiger partial charge is 0.333 e. The summed E-state index contributed by atoms with van der Waals surface area (Å²) in [4.78, 5) is 39.7. The molecule has 4 rings (SSSR count). The lowest BCUT2D eigenvalue weighted by Gasteiger charge is -2.07. The minimum Gasteiger partial charge on any atom is -0.457 e. The van der Waals surface area contributed by atoms with Crippen molar-refractivity contribution in [3.8, 4) is 17.6 Å². The van der Waals surface area contributed by atoms with Crippen LogP contribution in [-0.4, -0.2) is 21.2 Å². The molecule has 1 N–H and O–H groups in total. The Morgan fingerprint density at radius 3 is 2.39 bits per heavy atom. The minimum atomic E-state index is -0.634. The number of Topliss-reactive ketones (excluding diaryl/α,β-unsaturated/α-hetero) is 1. The first-order valence-electron chi connectivity index (χ1n) is 9.55. The lowest BCUT2D eigenvalue weighted by Crippen LogP contribution is -2.26. The summed E-state index contributed by atoms with van der Waals surface area (Å²) in [6, 6.07) is 22.9. The lowest BCUT2D eigenvalue weighted by molar-refractivity contribution is -0.117. The van der Waals surface area contributed by atoms with Gasteiger partial charge in [-0.25, -0.2) is 9.36 Å². The monoisotopic (exact) mass is 411 g/mol. The summed E-state index contributed by atoms with van der Waals surface area (Å²) < 4.78 is 6.66. The molecule has 0 unspecified atom stereocenters. The Hall–Kier alpha value is -4.44. The topological polar surface area (TPSA) is 105 Å². The molecule has 0 aliphatic rings. The fraction of sp³-hybridized carbons (Fsp3) is 0.0833. The van der Waals surface area contributed by atoms with Crippen LogP contribution in [0.1, 0.15) is 22.3 Å². The third-order valence-electron chi connectivity index (χ3n) is 4.71. The van der Waals surface area contributed by atoms with Crippen LogP contribution in [0.5, 0.6) is 11.5 Å². The maximum absolute atomic E-state index is 12.6. The normalized spacial score (nSPS) is 10.5. The number of ether oxygens (including phenoxy) is 1. The average Bonchev–Trinajstić information content (AvgIpc) is 3.10. The van der Waals surface area contributed by atoms with E-state index in [1.54, 1.807) is 24.3 Å². The number of aromatic amines is 1. The molecule has 4 aromatic rings. The fourth-order valence-electron chi connectivity index (χ4n) is 3.27. The first-order valence-corrected chi connectivity index (χ1v) is 9.55. The zero-order valence-corrected chi connectivity index (χ0v) is 16.4. The van der Waals surface area contributed by atoms with Crippen molar-refractivity contribution in [2.75, 3.05) is 0 Å². The number of hydrogen-bond donors (Lipinski definition) is 1. The van der Waals surface area contributed by atoms with Crippen molar-refractivity contribution in [2.24, 2.45) is 0 Å². The van der Waals surface area contributed by atoms with Crippen LogP contribution in [0.3, 0.4) is 0 Å². The molecular formula is C24H17N3O4. The van der Waals surface area contributed by atoms with E-state index >= 15 is 0 Å². The number of nitrogens with one attached hydrogen (secondary N) is 1. The van der Waals surface area contributed by atoms with E-state index in [1.807, 2.05) is 36.4 Å². The van der Waals surface area contributed by atoms with Crippen LogP contribution < -0.4 is 10.4 Å². The number of nitrogens with zero attached hydrogens (tertiary/aromatic N) is 2. The molecule has 0 atom stereocenters. The van der Waals surface area contributed by atoms with Gasteiger partial charge < -0.3 is 9.72 Å². The number of aromatic nitrogens is 2. The summed E-state index contributed by atoms with van der Waals surface area (Å²) in [6.45, 7) is 0. The van der Waals surface area contributed by atoms with E-state index in [0.717, 1.165) is 10.1 Å². The van der Waals surface area contributed by atoms with Crippen molar-refractivity contribution in [3.05, 3.63) is 94.4 Å². The van der Waals surface area contributed by atoms with E-state index in [2.05, 4.69) is 4.98 Å². The third-order valence-corrected chi connectivity index (χ3v) is 4.71. The van der Waals surface area contributed by atoms with Gasteiger partial charge in [-0.1, -0.05) is 30.3 Å². The van der Waals surface area contributed by atoms with Crippen LogP contribution in [0.25, 0.3) is 11.0 Å². The summed E-state index contributed by atoms with van der Waals surface area (Å²) in [6.07, 6.45) is -0.345. The Labute approximate surface area is 177 Å². The van der Waals surface area contributed by atoms with E-state index in [1.165, 1.54) is 18.2 Å². The third kappa shape index (κ3) is 4.43. The zero-order chi connectivity index (χ0) is 21.8. The second-order valence-electron chi connectivity index (χ2n) is 6.95. The number of ketones is 1. The number of carbonyl (C=O) groups excluding carboxylic acids is 2. The Kier molecular flexibility index (Phi) is 5.45. The molecular weight excluding hydrogens is 394 g/mol. The molecule has 0 aliphatic heterocycles. The first-order chi connectivity index (χ1) is 15.0. The summed E-state index contributed by atoms with van der Waals surface area (Å²) in [5, 5.41) is 8.96. The highest BCUT2D eigenvalue weighted by Gasteiger charge is 2.18. The van der Waals surface area contributed by atoms with E-state index in [-0.39, 0.29) is 12.2 Å². The van der Waals surface area contributed by atoms with Crippen LogP contribution >= 0.6 is 0 Å². The van der Waals surface area contributed by atoms with E-state index < -0.39 is 18.0 Å². The van der Waals surface area contributed by atoms with Crippen LogP contribution in [0.2, 0.25) is 0 Å². The number of nitriles is 1. The molecule has 0 amide bonds. The molecule has 0 spiro atoms. The van der Waals surface area contributed by atoms with Crippen molar-refractivity contribution in [3.63, 3.8) is 0 Å². The van der Waals surface area contributed by atoms with Gasteiger partial charge >= 0.3 is 5.69 Å². The van der Waals surface area contributed by atoms with Gasteiger partial charge in [0.1, 0.15) is 17.3 Å². The van der Waals surface area contributed by atoms with Gasteiger partial charge in [-0.05, 0) is 48.0 Å². The second kappa shape index (κ2) is 8.51. The Bertz CT molecular complexity index is 1360. The van der Waals surface area contributed by atoms with Crippen molar-refractivity contribution in [2.45, 2.75) is 12.8 Å². The first kappa shape index (κ1) is 19.9. The SMILES string of the molecule is N#Cc1ccc2c(c1)[nH]c(=O)n2C(=O)CC(=O)Cc1ccc(Oc2ccccc2)cc1. The number of carbonyl (C=O) groups is 2. The minimum absolute atomic E-state index is 0.0625. The molecule has 31 heavy (non-hydrogen) atoms. The van der Waals surface area contributed by atoms with Gasteiger partial charge in [0.25, 0.3) is 0 Å². The quantitative estimate of drug-likeness (QED) is 0.486. The fourth-order valence-corrected chi connectivity index (χ4v) is 3.27. The predicted molar refractivity (Wildman–Crippen MR) is 114 cm³/mol. The molecule has 7 heteroatoms. The molecule has 0 bridgehead atoms. The highest BCUT2D eigenvalue weighted by atomic mass is 16.5. The van der Waals surface area contributed by atoms with Crippen molar-refractivity contribution < 1.29 is 14.3 Å². The van der Waals surface area contributed by atoms with Gasteiger partial charge in [0.15, 0.2) is 0 Å². The molecule has 3 aromatic carbocycles. The molecule has 0 fully saturated rings. The van der Waals surface area contributed by atoms with Crippen molar-refractivity contribution in [1.29, 1.82) is 5.26 Å². The Balaban J connectivity index is 1.42.